The van der Waals surface area contributed by atoms with Crippen LogP contribution in [0.1, 0.15) is 11.1 Å². The lowest BCUT2D eigenvalue weighted by Gasteiger charge is -2.10. The second kappa shape index (κ2) is 7.83. The Morgan fingerprint density at radius 1 is 1.04 bits per heavy atom. The monoisotopic (exact) mass is 374 g/mol. The summed E-state index contributed by atoms with van der Waals surface area (Å²) in [5, 5.41) is 6.94. The maximum atomic E-state index is 12.4. The van der Waals surface area contributed by atoms with Gasteiger partial charge in [-0.05, 0) is 23.3 Å². The molecule has 0 radical (unpaired) electrons. The van der Waals surface area contributed by atoms with Gasteiger partial charge in [-0.3, -0.25) is 14.2 Å². The second-order valence-electron chi connectivity index (χ2n) is 6.36. The molecule has 2 heterocycles. The van der Waals surface area contributed by atoms with Crippen LogP contribution in [0.3, 0.4) is 0 Å². The zero-order valence-electron chi connectivity index (χ0n) is 15.0. The number of benzene rings is 2. The minimum Gasteiger partial charge on any atom is -0.350 e. The number of nitrogens with one attached hydrogen (secondary N) is 1. The molecule has 2 aromatic heterocycles. The van der Waals surface area contributed by atoms with E-state index in [1.165, 1.54) is 17.1 Å². The van der Waals surface area contributed by atoms with Crippen molar-refractivity contribution in [2.45, 2.75) is 19.6 Å². The van der Waals surface area contributed by atoms with Crippen LogP contribution in [0.25, 0.3) is 11.0 Å². The SMILES string of the molecule is O=C(Cn1c(=O)cnc2ccccc21)NCc1ccc(Cn2cncn2)cc1. The molecule has 28 heavy (non-hydrogen) atoms. The van der Waals surface area contributed by atoms with Gasteiger partial charge in [0.05, 0.1) is 23.8 Å². The average molecular weight is 374 g/mol. The fourth-order valence-corrected chi connectivity index (χ4v) is 2.94. The summed E-state index contributed by atoms with van der Waals surface area (Å²) in [5.41, 5.74) is 3.09. The number of hydrogen-bond donors (Lipinski definition) is 1. The third-order valence-electron chi connectivity index (χ3n) is 4.38. The normalized spacial score (nSPS) is 10.9. The molecule has 0 saturated carbocycles. The second-order valence-corrected chi connectivity index (χ2v) is 6.36. The van der Waals surface area contributed by atoms with Crippen molar-refractivity contribution in [2.75, 3.05) is 0 Å². The van der Waals surface area contributed by atoms with E-state index in [0.29, 0.717) is 24.1 Å². The van der Waals surface area contributed by atoms with Crippen molar-refractivity contribution in [3.63, 3.8) is 0 Å². The van der Waals surface area contributed by atoms with E-state index in [4.69, 9.17) is 0 Å². The summed E-state index contributed by atoms with van der Waals surface area (Å²) < 4.78 is 3.17. The van der Waals surface area contributed by atoms with Crippen LogP contribution in [-0.4, -0.2) is 30.2 Å². The van der Waals surface area contributed by atoms with Gasteiger partial charge in [0.15, 0.2) is 0 Å². The molecule has 0 fully saturated rings. The summed E-state index contributed by atoms with van der Waals surface area (Å²) >= 11 is 0. The number of para-hydroxylation sites is 2. The van der Waals surface area contributed by atoms with E-state index in [-0.39, 0.29) is 18.0 Å². The minimum atomic E-state index is -0.300. The molecule has 0 aliphatic rings. The van der Waals surface area contributed by atoms with E-state index in [1.807, 2.05) is 42.5 Å². The number of carbonyl (C=O) groups excluding carboxylic acids is 1. The highest BCUT2D eigenvalue weighted by molar-refractivity contribution is 5.79. The third kappa shape index (κ3) is 3.96. The summed E-state index contributed by atoms with van der Waals surface area (Å²) in [4.78, 5) is 32.5. The Morgan fingerprint density at radius 3 is 2.61 bits per heavy atom. The molecule has 0 atom stereocenters. The zero-order chi connectivity index (χ0) is 19.3. The first-order valence-electron chi connectivity index (χ1n) is 8.80. The highest BCUT2D eigenvalue weighted by Gasteiger charge is 2.08. The van der Waals surface area contributed by atoms with Crippen LogP contribution in [0.4, 0.5) is 0 Å². The van der Waals surface area contributed by atoms with E-state index in [1.54, 1.807) is 17.1 Å². The third-order valence-corrected chi connectivity index (χ3v) is 4.38. The first-order chi connectivity index (χ1) is 13.7. The van der Waals surface area contributed by atoms with E-state index >= 15 is 0 Å². The summed E-state index contributed by atoms with van der Waals surface area (Å²) in [5.74, 6) is -0.231. The molecule has 1 N–H and O–H groups in total. The van der Waals surface area contributed by atoms with Gasteiger partial charge in [-0.2, -0.15) is 5.10 Å². The summed E-state index contributed by atoms with van der Waals surface area (Å²) in [6.07, 6.45) is 4.41. The number of hydrogen-bond acceptors (Lipinski definition) is 5. The van der Waals surface area contributed by atoms with Crippen molar-refractivity contribution in [3.8, 4) is 0 Å². The number of aromatic nitrogens is 5. The number of carbonyl (C=O) groups is 1. The van der Waals surface area contributed by atoms with Crippen LogP contribution in [0.5, 0.6) is 0 Å². The Labute approximate surface area is 160 Å². The largest absolute Gasteiger partial charge is 0.350 e. The lowest BCUT2D eigenvalue weighted by Crippen LogP contribution is -2.32. The molecule has 4 rings (SSSR count). The van der Waals surface area contributed by atoms with Crippen LogP contribution in [0.2, 0.25) is 0 Å². The summed E-state index contributed by atoms with van der Waals surface area (Å²) in [7, 11) is 0. The molecular weight excluding hydrogens is 356 g/mol. The van der Waals surface area contributed by atoms with Crippen LogP contribution >= 0.6 is 0 Å². The van der Waals surface area contributed by atoms with E-state index in [9.17, 15) is 9.59 Å². The van der Waals surface area contributed by atoms with Gasteiger partial charge in [0.1, 0.15) is 19.2 Å². The Kier molecular flexibility index (Phi) is 4.92. The molecule has 0 unspecified atom stereocenters. The first-order valence-corrected chi connectivity index (χ1v) is 8.80. The molecule has 8 nitrogen and oxygen atoms in total. The Hall–Kier alpha value is -3.81. The molecule has 140 valence electrons. The molecule has 0 spiro atoms. The fourth-order valence-electron chi connectivity index (χ4n) is 2.94. The van der Waals surface area contributed by atoms with Crippen molar-refractivity contribution < 1.29 is 4.79 Å². The smallest absolute Gasteiger partial charge is 0.269 e. The molecule has 0 aliphatic heterocycles. The van der Waals surface area contributed by atoms with Gasteiger partial charge < -0.3 is 5.32 Å². The zero-order valence-corrected chi connectivity index (χ0v) is 15.0. The Bertz CT molecular complexity index is 1150. The maximum Gasteiger partial charge on any atom is 0.269 e. The van der Waals surface area contributed by atoms with E-state index in [0.717, 1.165) is 11.1 Å². The van der Waals surface area contributed by atoms with Gasteiger partial charge in [0, 0.05) is 6.54 Å². The van der Waals surface area contributed by atoms with Crippen molar-refractivity contribution in [2.24, 2.45) is 0 Å². The number of nitrogens with zero attached hydrogens (tertiary/aromatic N) is 5. The molecule has 8 heteroatoms. The van der Waals surface area contributed by atoms with Gasteiger partial charge in [-0.15, -0.1) is 0 Å². The lowest BCUT2D eigenvalue weighted by atomic mass is 10.1. The predicted octanol–water partition coefficient (Wildman–Crippen LogP) is 1.35. The molecule has 0 bridgehead atoms. The average Bonchev–Trinajstić information content (AvgIpc) is 3.23. The highest BCUT2D eigenvalue weighted by Crippen LogP contribution is 2.08. The van der Waals surface area contributed by atoms with Crippen molar-refractivity contribution >= 4 is 16.9 Å². The standard InChI is InChI=1S/C20H18N6O2/c27-19(12-26-18-4-2-1-3-17(18)22-10-20(26)28)23-9-15-5-7-16(8-6-15)11-25-14-21-13-24-25/h1-8,10,13-14H,9,11-12H2,(H,23,27). The van der Waals surface area contributed by atoms with Crippen LogP contribution in [0.15, 0.2) is 72.2 Å². The maximum absolute atomic E-state index is 12.4. The highest BCUT2D eigenvalue weighted by atomic mass is 16.2. The van der Waals surface area contributed by atoms with Crippen molar-refractivity contribution in [1.29, 1.82) is 0 Å². The lowest BCUT2D eigenvalue weighted by molar-refractivity contribution is -0.121. The summed E-state index contributed by atoms with van der Waals surface area (Å²) in [6, 6.07) is 15.2. The Morgan fingerprint density at radius 2 is 1.82 bits per heavy atom. The molecular formula is C20H18N6O2. The molecule has 2 aromatic carbocycles. The van der Waals surface area contributed by atoms with Gasteiger partial charge in [0.2, 0.25) is 5.91 Å². The van der Waals surface area contributed by atoms with Crippen molar-refractivity contribution in [3.05, 3.63) is 88.9 Å². The number of amides is 1. The van der Waals surface area contributed by atoms with Gasteiger partial charge >= 0.3 is 0 Å². The van der Waals surface area contributed by atoms with E-state index in [2.05, 4.69) is 20.4 Å². The van der Waals surface area contributed by atoms with E-state index < -0.39 is 0 Å². The van der Waals surface area contributed by atoms with Gasteiger partial charge in [0.25, 0.3) is 5.56 Å². The van der Waals surface area contributed by atoms with Gasteiger partial charge in [-0.1, -0.05) is 36.4 Å². The minimum absolute atomic E-state index is 0.0494. The quantitative estimate of drug-likeness (QED) is 0.550. The molecule has 0 aliphatic carbocycles. The van der Waals surface area contributed by atoms with Crippen LogP contribution in [0, 0.1) is 0 Å². The first kappa shape index (κ1) is 17.6. The van der Waals surface area contributed by atoms with Crippen LogP contribution < -0.4 is 10.9 Å². The number of fused-ring (bicyclic) bond motifs is 1. The van der Waals surface area contributed by atoms with Gasteiger partial charge in [-0.25, -0.2) is 14.6 Å². The summed E-state index contributed by atoms with van der Waals surface area (Å²) in [6.45, 7) is 0.983. The van der Waals surface area contributed by atoms with Crippen LogP contribution in [-0.2, 0) is 24.4 Å². The predicted molar refractivity (Wildman–Crippen MR) is 103 cm³/mol. The Balaban J connectivity index is 1.38. The van der Waals surface area contributed by atoms with Crippen molar-refractivity contribution in [1.82, 2.24) is 29.6 Å². The fraction of sp³-hybridized carbons (Fsp3) is 0.150. The topological polar surface area (TPSA) is 94.7 Å². The number of rotatable bonds is 6. The molecule has 0 saturated heterocycles. The molecule has 4 aromatic rings. The molecule has 1 amide bonds.